The first-order valence-corrected chi connectivity index (χ1v) is 21.9. The van der Waals surface area contributed by atoms with E-state index < -0.39 is 29.4 Å². The minimum atomic E-state index is -1.06. The van der Waals surface area contributed by atoms with Gasteiger partial charge in [0, 0.05) is 87.3 Å². The molecule has 11 rings (SSSR count). The molecule has 4 aromatic rings. The number of hydrogen-bond donors (Lipinski definition) is 2. The monoisotopic (exact) mass is 860 g/mol. The number of rotatable bonds is 5. The van der Waals surface area contributed by atoms with E-state index in [4.69, 9.17) is 9.72 Å². The lowest BCUT2D eigenvalue weighted by Crippen LogP contribution is -2.70. The summed E-state index contributed by atoms with van der Waals surface area (Å²) < 4.78 is 38.6. The van der Waals surface area contributed by atoms with Crippen LogP contribution in [-0.2, 0) is 28.0 Å². The summed E-state index contributed by atoms with van der Waals surface area (Å²) in [6, 6.07) is 12.5. The molecule has 2 aromatic heterocycles. The average molecular weight is 861 g/mol. The third kappa shape index (κ3) is 7.69. The van der Waals surface area contributed by atoms with Crippen molar-refractivity contribution in [2.45, 2.75) is 76.9 Å². The van der Waals surface area contributed by atoms with Crippen LogP contribution < -0.4 is 25.2 Å². The maximum atomic E-state index is 15.3. The molecule has 0 aliphatic carbocycles. The second-order valence-electron chi connectivity index (χ2n) is 18.0. The van der Waals surface area contributed by atoms with Crippen LogP contribution in [-0.4, -0.2) is 106 Å². The molecule has 5 fully saturated rings. The molecule has 5 atom stereocenters. The molecule has 63 heavy (non-hydrogen) atoms. The van der Waals surface area contributed by atoms with Gasteiger partial charge in [-0.1, -0.05) is 13.0 Å². The number of aryl methyl sites for hydroxylation is 2. The Morgan fingerprint density at radius 2 is 1.75 bits per heavy atom. The summed E-state index contributed by atoms with van der Waals surface area (Å²) in [6.07, 6.45) is 5.03. The molecule has 5 saturated heterocycles. The lowest BCUT2D eigenvalue weighted by molar-refractivity contribution is -0.158. The molecular weight excluding hydrogens is 811 g/mol. The van der Waals surface area contributed by atoms with Gasteiger partial charge in [-0.05, 0) is 86.9 Å². The Hall–Kier alpha value is -6.23. The van der Waals surface area contributed by atoms with Crippen LogP contribution in [0, 0.1) is 30.4 Å². The highest BCUT2D eigenvalue weighted by molar-refractivity contribution is 6.19. The van der Waals surface area contributed by atoms with Gasteiger partial charge in [-0.2, -0.15) is 10.1 Å². The minimum Gasteiger partial charge on any atom is -0.477 e. The van der Waals surface area contributed by atoms with Gasteiger partial charge in [-0.3, -0.25) is 34.4 Å². The van der Waals surface area contributed by atoms with Crippen LogP contribution >= 0.6 is 0 Å². The van der Waals surface area contributed by atoms with E-state index in [0.717, 1.165) is 54.9 Å². The Labute approximate surface area is 363 Å². The van der Waals surface area contributed by atoms with E-state index in [9.17, 15) is 19.2 Å². The lowest BCUT2D eigenvalue weighted by atomic mass is 9.85. The molecule has 7 aliphatic rings. The van der Waals surface area contributed by atoms with Crippen LogP contribution in [0.3, 0.4) is 0 Å². The van der Waals surface area contributed by atoms with Gasteiger partial charge in [0.05, 0.1) is 47.3 Å². The predicted octanol–water partition coefficient (Wildman–Crippen LogP) is 5.14. The summed E-state index contributed by atoms with van der Waals surface area (Å²) in [7, 11) is 1.83. The van der Waals surface area contributed by atoms with Crippen molar-refractivity contribution in [1.29, 1.82) is 0 Å². The first-order valence-electron chi connectivity index (χ1n) is 21.9. The molecule has 2 aromatic carbocycles. The number of anilines is 3. The van der Waals surface area contributed by atoms with E-state index in [0.29, 0.717) is 73.7 Å². The zero-order valence-corrected chi connectivity index (χ0v) is 35.6. The van der Waals surface area contributed by atoms with Gasteiger partial charge in [0.15, 0.2) is 0 Å². The smallest absolute Gasteiger partial charge is 0.280 e. The van der Waals surface area contributed by atoms with Crippen LogP contribution in [0.5, 0.6) is 5.88 Å². The molecule has 0 saturated carbocycles. The van der Waals surface area contributed by atoms with E-state index >= 15 is 8.78 Å². The topological polar surface area (TPSA) is 158 Å². The number of imide groups is 1. The third-order valence-corrected chi connectivity index (χ3v) is 13.5. The zero-order valence-electron chi connectivity index (χ0n) is 35.6. The summed E-state index contributed by atoms with van der Waals surface area (Å²) >= 11 is 0. The highest BCUT2D eigenvalue weighted by Crippen LogP contribution is 2.40. The van der Waals surface area contributed by atoms with E-state index in [2.05, 4.69) is 49.6 Å². The van der Waals surface area contributed by atoms with Gasteiger partial charge in [-0.15, -0.1) is 0 Å². The molecule has 0 spiro atoms. The fourth-order valence-corrected chi connectivity index (χ4v) is 10.4. The van der Waals surface area contributed by atoms with Crippen molar-refractivity contribution in [1.82, 2.24) is 29.9 Å². The van der Waals surface area contributed by atoms with Crippen molar-refractivity contribution in [3.63, 3.8) is 0 Å². The molecule has 4 bridgehead atoms. The SMILES string of the molecule is Cc1cc2cc(n1)-c1cnn(C)c1OCCC[C@@H](C)CN1/C(=N/C2=O)Nc2ccc(CN3CC4CC(C3)N4C(=O)[C@@H]3CCN(c4cc(F)c([C@H]5CCC(=O)NC5=O)c(F)c4)C3)cc21. The standard InChI is InChI=1S/C46H50F2N10O5/c1-25-5-4-12-63-45-34(19-49-54(45)3)38-15-29(13-26(2)50-38)42(60)53-46-51-37-8-6-27(14-39(37)57(46)20-25)21-55-23-31-16-32(24-55)58(31)44(62)28-10-11-56(22-28)30-17-35(47)41(36(48)18-30)33-7-9-40(59)52-43(33)61/h6,8,13-15,17-19,25,28,31-33H,4-5,7,9-12,16,20-24H2,1-3H3,(H,51,53,60)(H,52,59,61)/t25-,28-,31?,32?,33-/m1/s1. The number of amides is 4. The Kier molecular flexibility index (Phi) is 10.5. The Balaban J connectivity index is 0.801. The van der Waals surface area contributed by atoms with E-state index in [1.807, 2.05) is 29.8 Å². The summed E-state index contributed by atoms with van der Waals surface area (Å²) in [4.78, 5) is 69.5. The number of carbonyl (C=O) groups excluding carboxylic acids is 4. The number of hydrogen-bond acceptors (Lipinski definition) is 11. The molecule has 7 aliphatic heterocycles. The number of carbonyl (C=O) groups is 4. The van der Waals surface area contributed by atoms with Gasteiger partial charge < -0.3 is 24.8 Å². The quantitative estimate of drug-likeness (QED) is 0.256. The number of aliphatic imine (C=N–C) groups is 1. The van der Waals surface area contributed by atoms with E-state index in [1.54, 1.807) is 23.0 Å². The number of guanidine groups is 1. The summed E-state index contributed by atoms with van der Waals surface area (Å²) in [5.74, 6) is -3.08. The van der Waals surface area contributed by atoms with Crippen molar-refractivity contribution < 1.29 is 32.7 Å². The van der Waals surface area contributed by atoms with Gasteiger partial charge in [0.2, 0.25) is 29.6 Å². The molecule has 4 amide bonds. The number of piperidine rings is 2. The van der Waals surface area contributed by atoms with Gasteiger partial charge in [0.25, 0.3) is 5.91 Å². The number of piperazine rings is 1. The molecule has 328 valence electrons. The maximum Gasteiger partial charge on any atom is 0.280 e. The van der Waals surface area contributed by atoms with Gasteiger partial charge >= 0.3 is 0 Å². The van der Waals surface area contributed by atoms with Crippen molar-refractivity contribution in [2.24, 2.45) is 23.9 Å². The molecule has 0 radical (unpaired) electrons. The predicted molar refractivity (Wildman–Crippen MR) is 230 cm³/mol. The number of aromatic nitrogens is 3. The number of halogens is 2. The number of benzene rings is 2. The highest BCUT2D eigenvalue weighted by Gasteiger charge is 2.49. The molecule has 2 N–H and O–H groups in total. The number of nitrogens with zero attached hydrogens (tertiary/aromatic N) is 8. The number of pyridine rings is 1. The van der Waals surface area contributed by atoms with Crippen molar-refractivity contribution in [3.8, 4) is 17.1 Å². The molecule has 9 heterocycles. The first-order chi connectivity index (χ1) is 30.4. The number of nitrogens with one attached hydrogen (secondary N) is 2. The third-order valence-electron chi connectivity index (χ3n) is 13.5. The minimum absolute atomic E-state index is 0.0232. The van der Waals surface area contributed by atoms with Crippen molar-refractivity contribution >= 4 is 46.7 Å². The highest BCUT2D eigenvalue weighted by atomic mass is 19.1. The van der Waals surface area contributed by atoms with Gasteiger partial charge in [0.1, 0.15) is 11.6 Å². The maximum absolute atomic E-state index is 15.3. The van der Waals surface area contributed by atoms with Crippen LogP contribution in [0.15, 0.2) is 53.7 Å². The average Bonchev–Trinajstić information content (AvgIpc) is 3.97. The zero-order chi connectivity index (χ0) is 43.7. The number of fused-ring (bicyclic) bond motifs is 9. The summed E-state index contributed by atoms with van der Waals surface area (Å²) in [6.45, 7) is 8.23. The van der Waals surface area contributed by atoms with Crippen LogP contribution in [0.1, 0.15) is 78.5 Å². The van der Waals surface area contributed by atoms with Crippen LogP contribution in [0.25, 0.3) is 11.3 Å². The van der Waals surface area contributed by atoms with Crippen molar-refractivity contribution in [2.75, 3.05) is 54.4 Å². The summed E-state index contributed by atoms with van der Waals surface area (Å²) in [5, 5.41) is 10.0. The van der Waals surface area contributed by atoms with E-state index in [-0.39, 0.29) is 54.1 Å². The van der Waals surface area contributed by atoms with Gasteiger partial charge in [-0.25, -0.2) is 13.5 Å². The Morgan fingerprint density at radius 1 is 0.952 bits per heavy atom. The molecule has 17 heteroatoms. The van der Waals surface area contributed by atoms with E-state index in [1.165, 1.54) is 12.1 Å². The molecule has 2 unspecified atom stereocenters. The fraction of sp³-hybridized carbons (Fsp3) is 0.457. The number of ether oxygens (including phenoxy) is 1. The molecule has 15 nitrogen and oxygen atoms in total. The van der Waals surface area contributed by atoms with Crippen molar-refractivity contribution in [3.05, 3.63) is 82.7 Å². The normalized spacial score (nSPS) is 25.7. The summed E-state index contributed by atoms with van der Waals surface area (Å²) in [5.41, 5.74) is 5.42. The molecular formula is C46H50F2N10O5. The second kappa shape index (κ2) is 16.2. The van der Waals surface area contributed by atoms with Crippen LogP contribution in [0.2, 0.25) is 0 Å². The second-order valence-corrected chi connectivity index (χ2v) is 18.0. The largest absolute Gasteiger partial charge is 0.477 e. The Bertz CT molecular complexity index is 2540. The lowest BCUT2D eigenvalue weighted by Gasteiger charge is -2.57. The Morgan fingerprint density at radius 3 is 2.52 bits per heavy atom. The fourth-order valence-electron chi connectivity index (χ4n) is 10.4. The first kappa shape index (κ1) is 40.8. The van der Waals surface area contributed by atoms with Crippen LogP contribution in [0.4, 0.5) is 25.8 Å².